The first-order valence-corrected chi connectivity index (χ1v) is 11.7. The minimum Gasteiger partial charge on any atom is -0.406 e. The first-order chi connectivity index (χ1) is 12.7. The Morgan fingerprint density at radius 3 is 1.78 bits per heavy atom. The summed E-state index contributed by atoms with van der Waals surface area (Å²) in [5, 5.41) is 1.95. The van der Waals surface area contributed by atoms with E-state index < -0.39 is 13.7 Å². The van der Waals surface area contributed by atoms with Crippen molar-refractivity contribution >= 4 is 35.7 Å². The lowest BCUT2D eigenvalue weighted by Gasteiger charge is -2.43. The van der Waals surface area contributed by atoms with Crippen LogP contribution < -0.4 is 10.4 Å². The summed E-state index contributed by atoms with van der Waals surface area (Å²) in [5.74, 6) is 0. The molecule has 0 fully saturated rings. The third-order valence-corrected chi connectivity index (χ3v) is 10.2. The highest BCUT2D eigenvalue weighted by atomic mass is 35.5. The standard InChI is InChI=1S/C22H30ClNO2Si/c1-18(2)24(21(23)25)16-17-26-27(22(3,4)5,19-12-8-6-9-13-19)20-14-10-7-11-15-20/h6-15,18H,16-17H2,1-5H3. The number of halogens is 1. The lowest BCUT2D eigenvalue weighted by Crippen LogP contribution is -2.67. The Morgan fingerprint density at radius 1 is 1.00 bits per heavy atom. The molecule has 0 aliphatic carbocycles. The summed E-state index contributed by atoms with van der Waals surface area (Å²) >= 11 is 5.76. The average molecular weight is 404 g/mol. The fraction of sp³-hybridized carbons (Fsp3) is 0.409. The van der Waals surface area contributed by atoms with Gasteiger partial charge in [0.2, 0.25) is 0 Å². The molecule has 0 atom stereocenters. The highest BCUT2D eigenvalue weighted by molar-refractivity contribution is 6.99. The monoisotopic (exact) mass is 403 g/mol. The highest BCUT2D eigenvalue weighted by Gasteiger charge is 2.50. The fourth-order valence-corrected chi connectivity index (χ4v) is 8.44. The van der Waals surface area contributed by atoms with Crippen molar-refractivity contribution in [1.82, 2.24) is 4.90 Å². The molecule has 0 saturated carbocycles. The second kappa shape index (κ2) is 9.05. The predicted molar refractivity (Wildman–Crippen MR) is 117 cm³/mol. The maximum Gasteiger partial charge on any atom is 0.316 e. The summed E-state index contributed by atoms with van der Waals surface area (Å²) in [6.45, 7) is 11.6. The third-order valence-electron chi connectivity index (χ3n) is 4.92. The van der Waals surface area contributed by atoms with Crippen molar-refractivity contribution in [1.29, 1.82) is 0 Å². The Kier molecular flexibility index (Phi) is 7.26. The quantitative estimate of drug-likeness (QED) is 0.383. The second-order valence-corrected chi connectivity index (χ2v) is 12.7. The summed E-state index contributed by atoms with van der Waals surface area (Å²) in [7, 11) is -2.57. The van der Waals surface area contributed by atoms with Crippen LogP contribution in [0.2, 0.25) is 5.04 Å². The van der Waals surface area contributed by atoms with E-state index in [0.717, 1.165) is 0 Å². The van der Waals surface area contributed by atoms with Gasteiger partial charge in [0.1, 0.15) is 0 Å². The normalized spacial score (nSPS) is 12.3. The van der Waals surface area contributed by atoms with Crippen LogP contribution in [0, 0.1) is 0 Å². The zero-order valence-electron chi connectivity index (χ0n) is 16.9. The van der Waals surface area contributed by atoms with Gasteiger partial charge in [-0.3, -0.25) is 4.79 Å². The van der Waals surface area contributed by atoms with E-state index in [0.29, 0.717) is 13.2 Å². The number of carbonyl (C=O) groups is 1. The molecule has 2 rings (SSSR count). The Bertz CT molecular complexity index is 689. The van der Waals surface area contributed by atoms with Crippen molar-refractivity contribution in [3.05, 3.63) is 60.7 Å². The Morgan fingerprint density at radius 2 is 1.44 bits per heavy atom. The molecular weight excluding hydrogens is 374 g/mol. The van der Waals surface area contributed by atoms with Crippen molar-refractivity contribution < 1.29 is 9.22 Å². The summed E-state index contributed by atoms with van der Waals surface area (Å²) < 4.78 is 6.78. The molecule has 1 amide bonds. The summed E-state index contributed by atoms with van der Waals surface area (Å²) in [5.41, 5.74) is 0. The van der Waals surface area contributed by atoms with Crippen LogP contribution in [0.15, 0.2) is 60.7 Å². The minimum atomic E-state index is -2.57. The largest absolute Gasteiger partial charge is 0.406 e. The van der Waals surface area contributed by atoms with Crippen molar-refractivity contribution in [2.24, 2.45) is 0 Å². The number of carbonyl (C=O) groups excluding carboxylic acids is 1. The van der Waals surface area contributed by atoms with Gasteiger partial charge < -0.3 is 9.33 Å². The Hall–Kier alpha value is -1.62. The van der Waals surface area contributed by atoms with E-state index in [2.05, 4.69) is 69.3 Å². The molecular formula is C22H30ClNO2Si. The maximum absolute atomic E-state index is 11.7. The molecule has 0 radical (unpaired) electrons. The maximum atomic E-state index is 11.7. The molecule has 2 aromatic carbocycles. The first kappa shape index (κ1) is 21.7. The molecule has 0 aromatic heterocycles. The molecule has 0 saturated heterocycles. The molecule has 0 aliphatic heterocycles. The van der Waals surface area contributed by atoms with E-state index in [1.807, 2.05) is 26.0 Å². The third kappa shape index (κ3) is 4.81. The Labute approximate surface area is 169 Å². The van der Waals surface area contributed by atoms with E-state index >= 15 is 0 Å². The fourth-order valence-electron chi connectivity index (χ4n) is 3.61. The van der Waals surface area contributed by atoms with E-state index in [-0.39, 0.29) is 11.1 Å². The molecule has 27 heavy (non-hydrogen) atoms. The van der Waals surface area contributed by atoms with E-state index in [1.165, 1.54) is 10.4 Å². The molecule has 0 bridgehead atoms. The molecule has 3 nitrogen and oxygen atoms in total. The number of rotatable bonds is 7. The SMILES string of the molecule is CC(C)N(CCO[Si](c1ccccc1)(c1ccccc1)C(C)(C)C)C(=O)Cl. The molecule has 0 aliphatic rings. The first-order valence-electron chi connectivity index (χ1n) is 9.41. The van der Waals surface area contributed by atoms with Gasteiger partial charge in [-0.25, -0.2) is 0 Å². The van der Waals surface area contributed by atoms with Gasteiger partial charge in [0.15, 0.2) is 0 Å². The minimum absolute atomic E-state index is 0.0396. The summed E-state index contributed by atoms with van der Waals surface area (Å²) in [6, 6.07) is 21.0. The highest BCUT2D eigenvalue weighted by Crippen LogP contribution is 2.36. The van der Waals surface area contributed by atoms with Crippen LogP contribution >= 0.6 is 11.6 Å². The lowest BCUT2D eigenvalue weighted by atomic mass is 10.2. The smallest absolute Gasteiger partial charge is 0.316 e. The van der Waals surface area contributed by atoms with Gasteiger partial charge in [-0.2, -0.15) is 0 Å². The topological polar surface area (TPSA) is 29.5 Å². The molecule has 0 unspecified atom stereocenters. The van der Waals surface area contributed by atoms with E-state index in [4.69, 9.17) is 16.0 Å². The molecule has 5 heteroatoms. The van der Waals surface area contributed by atoms with E-state index in [1.54, 1.807) is 4.90 Å². The zero-order chi connectivity index (χ0) is 20.1. The number of nitrogens with zero attached hydrogens (tertiary/aromatic N) is 1. The molecule has 146 valence electrons. The predicted octanol–water partition coefficient (Wildman–Crippen LogP) is 4.63. The second-order valence-electron chi connectivity index (χ2n) is 8.05. The van der Waals surface area contributed by atoms with Crippen LogP contribution in [0.25, 0.3) is 0 Å². The van der Waals surface area contributed by atoms with Gasteiger partial charge in [-0.15, -0.1) is 0 Å². The van der Waals surface area contributed by atoms with Crippen LogP contribution in [0.5, 0.6) is 0 Å². The Balaban J connectivity index is 2.45. The summed E-state index contributed by atoms with van der Waals surface area (Å²) in [4.78, 5) is 13.4. The number of hydrogen-bond acceptors (Lipinski definition) is 2. The van der Waals surface area contributed by atoms with Crippen LogP contribution in [0.1, 0.15) is 34.6 Å². The van der Waals surface area contributed by atoms with Gasteiger partial charge in [-0.05, 0) is 40.9 Å². The van der Waals surface area contributed by atoms with E-state index in [9.17, 15) is 4.79 Å². The molecule has 0 heterocycles. The van der Waals surface area contributed by atoms with Crippen LogP contribution in [-0.4, -0.2) is 37.8 Å². The molecule has 2 aromatic rings. The van der Waals surface area contributed by atoms with Crippen molar-refractivity contribution in [2.75, 3.05) is 13.2 Å². The van der Waals surface area contributed by atoms with Gasteiger partial charge in [0.05, 0.1) is 6.61 Å². The van der Waals surface area contributed by atoms with Crippen molar-refractivity contribution in [2.45, 2.75) is 45.7 Å². The zero-order valence-corrected chi connectivity index (χ0v) is 18.7. The molecule has 0 spiro atoms. The number of hydrogen-bond donors (Lipinski definition) is 0. The number of amides is 1. The lowest BCUT2D eigenvalue weighted by molar-refractivity contribution is 0.183. The molecule has 0 N–H and O–H groups in total. The van der Waals surface area contributed by atoms with Crippen LogP contribution in [0.4, 0.5) is 4.79 Å². The van der Waals surface area contributed by atoms with Gasteiger partial charge in [0, 0.05) is 12.6 Å². The van der Waals surface area contributed by atoms with Gasteiger partial charge in [0.25, 0.3) is 8.32 Å². The van der Waals surface area contributed by atoms with Gasteiger partial charge in [-0.1, -0.05) is 81.4 Å². The van der Waals surface area contributed by atoms with Crippen molar-refractivity contribution in [3.63, 3.8) is 0 Å². The van der Waals surface area contributed by atoms with Crippen LogP contribution in [-0.2, 0) is 4.43 Å². The summed E-state index contributed by atoms with van der Waals surface area (Å²) in [6.07, 6.45) is 0. The van der Waals surface area contributed by atoms with Gasteiger partial charge >= 0.3 is 5.37 Å². The van der Waals surface area contributed by atoms with Crippen molar-refractivity contribution in [3.8, 4) is 0 Å². The number of benzene rings is 2. The van der Waals surface area contributed by atoms with Crippen LogP contribution in [0.3, 0.4) is 0 Å². The average Bonchev–Trinajstić information content (AvgIpc) is 2.61.